The Kier molecular flexibility index (Phi) is 5.77. The molecule has 128 valence electrons. The minimum absolute atomic E-state index is 0.491. The van der Waals surface area contributed by atoms with Gasteiger partial charge in [-0.1, -0.05) is 77.8 Å². The molecule has 0 heterocycles. The van der Waals surface area contributed by atoms with E-state index >= 15 is 0 Å². The van der Waals surface area contributed by atoms with Gasteiger partial charge in [0, 0.05) is 15.6 Å². The van der Waals surface area contributed by atoms with Crippen molar-refractivity contribution >= 4 is 23.2 Å². The van der Waals surface area contributed by atoms with Gasteiger partial charge in [-0.15, -0.1) is 0 Å². The predicted octanol–water partition coefficient (Wildman–Crippen LogP) is 3.99. The molecule has 0 saturated carbocycles. The molecule has 2 nitrogen and oxygen atoms in total. The lowest BCUT2D eigenvalue weighted by molar-refractivity contribution is -0.682. The van der Waals surface area contributed by atoms with Crippen LogP contribution in [0.2, 0.25) is 10.0 Å². The zero-order valence-corrected chi connectivity index (χ0v) is 15.2. The van der Waals surface area contributed by atoms with Crippen molar-refractivity contribution in [3.8, 4) is 0 Å². The van der Waals surface area contributed by atoms with Crippen molar-refractivity contribution in [3.05, 3.63) is 106 Å². The number of halogens is 2. The fraction of sp³-hybridized carbons (Fsp3) is 0.143. The first-order valence-corrected chi connectivity index (χ1v) is 8.93. The molecule has 0 spiro atoms. The van der Waals surface area contributed by atoms with Crippen LogP contribution in [0, 0.1) is 0 Å². The maximum absolute atomic E-state index is 11.5. The number of nitrogens with two attached hydrogens (primary N) is 1. The number of aliphatic hydroxyl groups is 1. The summed E-state index contributed by atoms with van der Waals surface area (Å²) >= 11 is 12.0. The van der Waals surface area contributed by atoms with E-state index in [9.17, 15) is 5.11 Å². The molecule has 0 aliphatic heterocycles. The first-order chi connectivity index (χ1) is 12.1. The summed E-state index contributed by atoms with van der Waals surface area (Å²) in [7, 11) is 0. The van der Waals surface area contributed by atoms with Gasteiger partial charge in [0.05, 0.1) is 0 Å². The van der Waals surface area contributed by atoms with Gasteiger partial charge in [0.2, 0.25) is 0 Å². The van der Waals surface area contributed by atoms with E-state index in [1.807, 2.05) is 78.9 Å². The molecule has 3 aromatic rings. The van der Waals surface area contributed by atoms with E-state index in [1.165, 1.54) is 0 Å². The summed E-state index contributed by atoms with van der Waals surface area (Å²) < 4.78 is 0. The SMILES string of the molecule is OC(C[NH2+]Cc1cccc(Cl)c1)(c1ccccc1)c1ccc(Cl)cc1. The van der Waals surface area contributed by atoms with Crippen LogP contribution in [0.15, 0.2) is 78.9 Å². The molecule has 0 bridgehead atoms. The third-order valence-electron chi connectivity index (χ3n) is 4.28. The second-order valence-corrected chi connectivity index (χ2v) is 6.93. The van der Waals surface area contributed by atoms with Gasteiger partial charge in [-0.25, -0.2) is 0 Å². The van der Waals surface area contributed by atoms with Gasteiger partial charge in [0.15, 0.2) is 5.60 Å². The fourth-order valence-electron chi connectivity index (χ4n) is 2.95. The highest BCUT2D eigenvalue weighted by Crippen LogP contribution is 2.29. The van der Waals surface area contributed by atoms with Crippen molar-refractivity contribution in [2.75, 3.05) is 6.54 Å². The van der Waals surface area contributed by atoms with Crippen molar-refractivity contribution < 1.29 is 10.4 Å². The minimum Gasteiger partial charge on any atom is -0.375 e. The summed E-state index contributed by atoms with van der Waals surface area (Å²) in [6, 6.07) is 24.9. The van der Waals surface area contributed by atoms with Crippen molar-refractivity contribution in [2.45, 2.75) is 12.1 Å². The summed E-state index contributed by atoms with van der Waals surface area (Å²) in [4.78, 5) is 0. The second kappa shape index (κ2) is 8.03. The lowest BCUT2D eigenvalue weighted by Crippen LogP contribution is -2.86. The Morgan fingerprint density at radius 3 is 2.12 bits per heavy atom. The molecule has 3 rings (SSSR count). The zero-order valence-electron chi connectivity index (χ0n) is 13.7. The van der Waals surface area contributed by atoms with Crippen LogP contribution in [0.3, 0.4) is 0 Å². The van der Waals surface area contributed by atoms with E-state index in [4.69, 9.17) is 23.2 Å². The highest BCUT2D eigenvalue weighted by atomic mass is 35.5. The largest absolute Gasteiger partial charge is 0.375 e. The van der Waals surface area contributed by atoms with Crippen LogP contribution in [0.25, 0.3) is 0 Å². The van der Waals surface area contributed by atoms with Crippen LogP contribution >= 0.6 is 23.2 Å². The van der Waals surface area contributed by atoms with Crippen LogP contribution in [-0.2, 0) is 12.1 Å². The summed E-state index contributed by atoms with van der Waals surface area (Å²) in [6.07, 6.45) is 0. The molecule has 0 fully saturated rings. The molecule has 3 N–H and O–H groups in total. The van der Waals surface area contributed by atoms with E-state index in [0.29, 0.717) is 11.6 Å². The van der Waals surface area contributed by atoms with Gasteiger partial charge in [-0.2, -0.15) is 0 Å². The zero-order chi connectivity index (χ0) is 17.7. The van der Waals surface area contributed by atoms with Gasteiger partial charge in [0.1, 0.15) is 13.1 Å². The first-order valence-electron chi connectivity index (χ1n) is 8.18. The number of quaternary nitrogens is 1. The molecule has 0 aliphatic rings. The van der Waals surface area contributed by atoms with E-state index in [0.717, 1.165) is 28.3 Å². The monoisotopic (exact) mass is 372 g/mol. The highest BCUT2D eigenvalue weighted by molar-refractivity contribution is 6.30. The molecule has 0 amide bonds. The quantitative estimate of drug-likeness (QED) is 0.674. The molecule has 1 atom stereocenters. The Morgan fingerprint density at radius 1 is 0.760 bits per heavy atom. The third kappa shape index (κ3) is 4.42. The van der Waals surface area contributed by atoms with E-state index in [1.54, 1.807) is 0 Å². The normalized spacial score (nSPS) is 13.4. The number of rotatable bonds is 6. The van der Waals surface area contributed by atoms with Crippen molar-refractivity contribution in [1.82, 2.24) is 0 Å². The second-order valence-electron chi connectivity index (χ2n) is 6.06. The van der Waals surface area contributed by atoms with Gasteiger partial charge >= 0.3 is 0 Å². The summed E-state index contributed by atoms with van der Waals surface area (Å²) in [5.41, 5.74) is 1.72. The maximum Gasteiger partial charge on any atom is 0.163 e. The average molecular weight is 373 g/mol. The van der Waals surface area contributed by atoms with Crippen molar-refractivity contribution in [3.63, 3.8) is 0 Å². The molecule has 3 aromatic carbocycles. The molecule has 1 unspecified atom stereocenters. The van der Waals surface area contributed by atoms with Crippen LogP contribution in [0.4, 0.5) is 0 Å². The third-order valence-corrected chi connectivity index (χ3v) is 4.77. The predicted molar refractivity (Wildman–Crippen MR) is 103 cm³/mol. The summed E-state index contributed by atoms with van der Waals surface area (Å²) in [5.74, 6) is 0. The van der Waals surface area contributed by atoms with Crippen molar-refractivity contribution in [2.24, 2.45) is 0 Å². The van der Waals surface area contributed by atoms with Crippen LogP contribution in [-0.4, -0.2) is 11.7 Å². The fourth-order valence-corrected chi connectivity index (χ4v) is 3.29. The number of benzene rings is 3. The van der Waals surface area contributed by atoms with Crippen LogP contribution < -0.4 is 5.32 Å². The summed E-state index contributed by atoms with van der Waals surface area (Å²) in [5, 5.41) is 14.9. The van der Waals surface area contributed by atoms with Gasteiger partial charge in [-0.3, -0.25) is 0 Å². The Hall–Kier alpha value is -1.84. The highest BCUT2D eigenvalue weighted by Gasteiger charge is 2.33. The smallest absolute Gasteiger partial charge is 0.163 e. The molecule has 0 aliphatic carbocycles. The van der Waals surface area contributed by atoms with Crippen LogP contribution in [0.5, 0.6) is 0 Å². The Bertz CT molecular complexity index is 821. The molecule has 0 aromatic heterocycles. The van der Waals surface area contributed by atoms with Gasteiger partial charge in [0.25, 0.3) is 0 Å². The van der Waals surface area contributed by atoms with E-state index in [-0.39, 0.29) is 0 Å². The number of hydrogen-bond donors (Lipinski definition) is 2. The molecule has 0 radical (unpaired) electrons. The first kappa shape index (κ1) is 18.0. The lowest BCUT2D eigenvalue weighted by Gasteiger charge is -2.28. The van der Waals surface area contributed by atoms with Gasteiger partial charge in [-0.05, 0) is 35.4 Å². The van der Waals surface area contributed by atoms with Crippen LogP contribution in [0.1, 0.15) is 16.7 Å². The van der Waals surface area contributed by atoms with E-state index < -0.39 is 5.60 Å². The Morgan fingerprint density at radius 2 is 1.44 bits per heavy atom. The molecular weight excluding hydrogens is 353 g/mol. The lowest BCUT2D eigenvalue weighted by atomic mass is 9.86. The minimum atomic E-state index is -1.09. The molecule has 25 heavy (non-hydrogen) atoms. The Labute approximate surface area is 158 Å². The average Bonchev–Trinajstić information content (AvgIpc) is 2.63. The molecule has 4 heteroatoms. The Balaban J connectivity index is 1.83. The molecular formula is C21H20Cl2NO+. The summed E-state index contributed by atoms with van der Waals surface area (Å²) in [6.45, 7) is 1.23. The standard InChI is InChI=1S/C21H19Cl2NO/c22-19-11-9-18(10-12-19)21(25,17-6-2-1-3-7-17)15-24-14-16-5-4-8-20(23)13-16/h1-13,24-25H,14-15H2/p+1. The van der Waals surface area contributed by atoms with Gasteiger partial charge < -0.3 is 10.4 Å². The topological polar surface area (TPSA) is 36.8 Å². The van der Waals surface area contributed by atoms with Crippen molar-refractivity contribution in [1.29, 1.82) is 0 Å². The maximum atomic E-state index is 11.5. The molecule has 0 saturated heterocycles. The number of hydrogen-bond acceptors (Lipinski definition) is 1. The van der Waals surface area contributed by atoms with E-state index in [2.05, 4.69) is 5.32 Å².